The number of methoxy groups -OCH3 is 1. The topological polar surface area (TPSA) is 105 Å². The number of furan rings is 1. The number of hydrogen-bond donors (Lipinski definition) is 1. The van der Waals surface area contributed by atoms with Gasteiger partial charge in [0.2, 0.25) is 17.5 Å². The predicted molar refractivity (Wildman–Crippen MR) is 109 cm³/mol. The van der Waals surface area contributed by atoms with Gasteiger partial charge in [-0.1, -0.05) is 12.1 Å². The molecule has 0 radical (unpaired) electrons. The summed E-state index contributed by atoms with van der Waals surface area (Å²) in [5.74, 6) is 1.91. The Kier molecular flexibility index (Phi) is 5.70. The maximum Gasteiger partial charge on any atom is 0.266 e. The molecule has 2 aromatic heterocycles. The summed E-state index contributed by atoms with van der Waals surface area (Å²) in [6, 6.07) is 13.2. The van der Waals surface area contributed by atoms with Gasteiger partial charge in [0.05, 0.1) is 13.4 Å². The van der Waals surface area contributed by atoms with Crippen molar-refractivity contribution in [2.24, 2.45) is 5.92 Å². The molecule has 1 saturated heterocycles. The van der Waals surface area contributed by atoms with Crippen LogP contribution < -0.4 is 15.0 Å². The Hall–Kier alpha value is -3.73. The number of nitrogens with one attached hydrogen (secondary N) is 1. The lowest BCUT2D eigenvalue weighted by Gasteiger charge is -2.31. The van der Waals surface area contributed by atoms with Crippen LogP contribution in [0.15, 0.2) is 51.5 Å². The number of carbonyl (C=O) groups is 1. The van der Waals surface area contributed by atoms with E-state index in [9.17, 15) is 10.1 Å². The number of aromatic nitrogens is 1. The summed E-state index contributed by atoms with van der Waals surface area (Å²) in [7, 11) is 1.62. The number of hydrogen-bond acceptors (Lipinski definition) is 7. The van der Waals surface area contributed by atoms with Crippen molar-refractivity contribution in [2.45, 2.75) is 19.4 Å². The second-order valence-electron chi connectivity index (χ2n) is 7.09. The molecule has 0 bridgehead atoms. The van der Waals surface area contributed by atoms with Crippen molar-refractivity contribution in [1.29, 1.82) is 5.26 Å². The summed E-state index contributed by atoms with van der Waals surface area (Å²) in [5.41, 5.74) is 1.22. The van der Waals surface area contributed by atoms with E-state index < -0.39 is 0 Å². The second-order valence-corrected chi connectivity index (χ2v) is 7.09. The highest BCUT2D eigenvalue weighted by atomic mass is 16.5. The summed E-state index contributed by atoms with van der Waals surface area (Å²) in [4.78, 5) is 18.8. The van der Waals surface area contributed by atoms with Gasteiger partial charge >= 0.3 is 0 Å². The first-order valence-electron chi connectivity index (χ1n) is 9.78. The second kappa shape index (κ2) is 8.74. The maximum atomic E-state index is 12.6. The summed E-state index contributed by atoms with van der Waals surface area (Å²) in [6.07, 6.45) is 2.87. The minimum absolute atomic E-state index is 0.0341. The standard InChI is InChI=1S/C22H22N4O4/c1-28-17-5-2-4-15(12-17)14-24-20(27)16-7-9-26(10-8-16)22-18(13-23)25-21(30-22)19-6-3-11-29-19/h2-6,11-12,16H,7-10,14H2,1H3,(H,24,27). The molecule has 0 aliphatic carbocycles. The van der Waals surface area contributed by atoms with Crippen molar-refractivity contribution in [3.63, 3.8) is 0 Å². The number of benzene rings is 1. The van der Waals surface area contributed by atoms with E-state index in [-0.39, 0.29) is 23.4 Å². The van der Waals surface area contributed by atoms with E-state index in [1.54, 1.807) is 19.2 Å². The van der Waals surface area contributed by atoms with Crippen LogP contribution in [0.2, 0.25) is 0 Å². The van der Waals surface area contributed by atoms with Gasteiger partial charge in [0.1, 0.15) is 11.8 Å². The number of nitriles is 1. The zero-order valence-electron chi connectivity index (χ0n) is 16.6. The summed E-state index contributed by atoms with van der Waals surface area (Å²) < 4.78 is 16.3. The smallest absolute Gasteiger partial charge is 0.266 e. The Morgan fingerprint density at radius 2 is 2.17 bits per heavy atom. The lowest BCUT2D eigenvalue weighted by Crippen LogP contribution is -2.40. The molecule has 1 aliphatic rings. The zero-order chi connectivity index (χ0) is 20.9. The van der Waals surface area contributed by atoms with Crippen LogP contribution in [0.3, 0.4) is 0 Å². The number of rotatable bonds is 6. The van der Waals surface area contributed by atoms with E-state index in [0.29, 0.717) is 44.1 Å². The third-order valence-corrected chi connectivity index (χ3v) is 5.20. The van der Waals surface area contributed by atoms with Gasteiger partial charge in [-0.05, 0) is 42.7 Å². The van der Waals surface area contributed by atoms with Gasteiger partial charge in [-0.15, -0.1) is 0 Å². The van der Waals surface area contributed by atoms with E-state index in [1.807, 2.05) is 29.2 Å². The third kappa shape index (κ3) is 4.15. The highest BCUT2D eigenvalue weighted by Gasteiger charge is 2.29. The molecule has 0 atom stereocenters. The van der Waals surface area contributed by atoms with Crippen molar-refractivity contribution < 1.29 is 18.4 Å². The first-order valence-corrected chi connectivity index (χ1v) is 9.78. The Morgan fingerprint density at radius 1 is 1.33 bits per heavy atom. The lowest BCUT2D eigenvalue weighted by atomic mass is 9.96. The number of oxazole rings is 1. The molecule has 30 heavy (non-hydrogen) atoms. The number of ether oxygens (including phenoxy) is 1. The largest absolute Gasteiger partial charge is 0.497 e. The monoisotopic (exact) mass is 406 g/mol. The first kappa shape index (κ1) is 19.6. The van der Waals surface area contributed by atoms with Gasteiger partial charge in [0.25, 0.3) is 5.89 Å². The SMILES string of the molecule is COc1cccc(CNC(=O)C2CCN(c3oc(-c4ccco4)nc3C#N)CC2)c1. The normalized spacial score (nSPS) is 14.3. The molecule has 0 spiro atoms. The molecular formula is C22H22N4O4. The molecule has 0 unspecified atom stereocenters. The van der Waals surface area contributed by atoms with E-state index in [0.717, 1.165) is 11.3 Å². The summed E-state index contributed by atoms with van der Waals surface area (Å²) in [5, 5.41) is 12.4. The van der Waals surface area contributed by atoms with Gasteiger partial charge in [-0.2, -0.15) is 10.2 Å². The molecule has 3 aromatic rings. The quantitative estimate of drug-likeness (QED) is 0.669. The molecule has 1 amide bonds. The lowest BCUT2D eigenvalue weighted by molar-refractivity contribution is -0.125. The Bertz CT molecular complexity index is 1040. The van der Waals surface area contributed by atoms with Crippen LogP contribution in [0.25, 0.3) is 11.7 Å². The van der Waals surface area contributed by atoms with E-state index >= 15 is 0 Å². The fourth-order valence-corrected chi connectivity index (χ4v) is 3.57. The molecule has 1 N–H and O–H groups in total. The van der Waals surface area contributed by atoms with Crippen molar-refractivity contribution >= 4 is 11.8 Å². The number of piperidine rings is 1. The van der Waals surface area contributed by atoms with Crippen LogP contribution in [0, 0.1) is 17.2 Å². The fourth-order valence-electron chi connectivity index (χ4n) is 3.57. The molecule has 0 saturated carbocycles. The summed E-state index contributed by atoms with van der Waals surface area (Å²) >= 11 is 0. The molecule has 1 fully saturated rings. The zero-order valence-corrected chi connectivity index (χ0v) is 16.6. The average Bonchev–Trinajstić information content (AvgIpc) is 3.47. The van der Waals surface area contributed by atoms with Crippen molar-refractivity contribution in [3.05, 3.63) is 53.9 Å². The molecule has 8 nitrogen and oxygen atoms in total. The van der Waals surface area contributed by atoms with Gasteiger partial charge < -0.3 is 23.8 Å². The molecule has 154 valence electrons. The van der Waals surface area contributed by atoms with Crippen LogP contribution in [-0.2, 0) is 11.3 Å². The molecular weight excluding hydrogens is 384 g/mol. The summed E-state index contributed by atoms with van der Waals surface area (Å²) in [6.45, 7) is 1.68. The van der Waals surface area contributed by atoms with Gasteiger partial charge in [-0.25, -0.2) is 0 Å². The van der Waals surface area contributed by atoms with Crippen LogP contribution in [0.4, 0.5) is 5.88 Å². The minimum Gasteiger partial charge on any atom is -0.497 e. The minimum atomic E-state index is -0.0788. The van der Waals surface area contributed by atoms with Crippen molar-refractivity contribution in [2.75, 3.05) is 25.1 Å². The molecule has 3 heterocycles. The van der Waals surface area contributed by atoms with Gasteiger partial charge in [-0.3, -0.25) is 4.79 Å². The molecule has 1 aromatic carbocycles. The first-order chi connectivity index (χ1) is 14.7. The van der Waals surface area contributed by atoms with Gasteiger partial charge in [0, 0.05) is 25.6 Å². The van der Waals surface area contributed by atoms with Crippen molar-refractivity contribution in [3.8, 4) is 23.5 Å². The van der Waals surface area contributed by atoms with Crippen LogP contribution in [-0.4, -0.2) is 31.1 Å². The number of nitrogens with zero attached hydrogens (tertiary/aromatic N) is 3. The molecule has 4 rings (SSSR count). The van der Waals surface area contributed by atoms with Crippen LogP contribution >= 0.6 is 0 Å². The van der Waals surface area contributed by atoms with Crippen molar-refractivity contribution in [1.82, 2.24) is 10.3 Å². The number of anilines is 1. The Morgan fingerprint density at radius 3 is 2.87 bits per heavy atom. The third-order valence-electron chi connectivity index (χ3n) is 5.20. The Balaban J connectivity index is 1.34. The Labute approximate surface area is 174 Å². The van der Waals surface area contributed by atoms with E-state index in [4.69, 9.17) is 13.6 Å². The predicted octanol–water partition coefficient (Wildman–Crippen LogP) is 3.35. The van der Waals surface area contributed by atoms with Gasteiger partial charge in [0.15, 0.2) is 5.76 Å². The van der Waals surface area contributed by atoms with Crippen LogP contribution in [0.5, 0.6) is 5.75 Å². The van der Waals surface area contributed by atoms with E-state index in [2.05, 4.69) is 16.4 Å². The van der Waals surface area contributed by atoms with E-state index in [1.165, 1.54) is 6.26 Å². The fraction of sp³-hybridized carbons (Fsp3) is 0.318. The molecule has 8 heteroatoms. The maximum absolute atomic E-state index is 12.6. The molecule has 1 aliphatic heterocycles. The number of carbonyl (C=O) groups excluding carboxylic acids is 1. The highest BCUT2D eigenvalue weighted by Crippen LogP contribution is 2.31. The van der Waals surface area contributed by atoms with Crippen LogP contribution in [0.1, 0.15) is 24.1 Å². The average molecular weight is 406 g/mol. The highest BCUT2D eigenvalue weighted by molar-refractivity contribution is 5.79. The number of amides is 1.